The van der Waals surface area contributed by atoms with E-state index in [-0.39, 0.29) is 17.7 Å². The van der Waals surface area contributed by atoms with E-state index in [2.05, 4.69) is 238 Å². The van der Waals surface area contributed by atoms with Crippen LogP contribution in [-0.4, -0.2) is 6.85 Å². The van der Waals surface area contributed by atoms with Gasteiger partial charge in [-0.3, -0.25) is 0 Å². The average molecular weight is 933 g/mol. The van der Waals surface area contributed by atoms with Gasteiger partial charge < -0.3 is 9.71 Å². The van der Waals surface area contributed by atoms with Crippen LogP contribution in [0.5, 0.6) is 0 Å². The van der Waals surface area contributed by atoms with E-state index in [1.165, 1.54) is 146 Å². The topological polar surface area (TPSA) is 6.48 Å². The second-order valence-corrected chi connectivity index (χ2v) is 23.1. The van der Waals surface area contributed by atoms with Crippen molar-refractivity contribution in [3.05, 3.63) is 233 Å². The smallest absolute Gasteiger partial charge is 0.333 e. The van der Waals surface area contributed by atoms with Crippen LogP contribution < -0.4 is 20.6 Å². The van der Waals surface area contributed by atoms with Crippen molar-refractivity contribution in [1.29, 1.82) is 0 Å². The van der Waals surface area contributed by atoms with Gasteiger partial charge in [-0.1, -0.05) is 181 Å². The van der Waals surface area contributed by atoms with E-state index >= 15 is 0 Å². The molecule has 3 aliphatic heterocycles. The van der Waals surface area contributed by atoms with Gasteiger partial charge in [0.2, 0.25) is 0 Å². The summed E-state index contributed by atoms with van der Waals surface area (Å²) in [7, 11) is 0. The first-order valence-electron chi connectivity index (χ1n) is 26.0. The number of rotatable bonds is 7. The van der Waals surface area contributed by atoms with Gasteiger partial charge in [0.15, 0.2) is 0 Å². The highest BCUT2D eigenvalue weighted by Crippen LogP contribution is 2.60. The summed E-state index contributed by atoms with van der Waals surface area (Å²) in [6.45, 7) is 12.0. The molecule has 0 spiro atoms. The van der Waals surface area contributed by atoms with Gasteiger partial charge in [0.25, 0.3) is 0 Å². The Morgan fingerprint density at radius 1 is 0.535 bits per heavy atom. The lowest BCUT2D eigenvalue weighted by atomic mass is 9.42. The van der Waals surface area contributed by atoms with Gasteiger partial charge in [0, 0.05) is 48.5 Å². The molecule has 4 heteroatoms. The molecule has 71 heavy (non-hydrogen) atoms. The molecule has 4 aliphatic rings. The molecule has 0 fully saturated rings. The van der Waals surface area contributed by atoms with Crippen LogP contribution in [0, 0.1) is 0 Å². The number of anilines is 5. The lowest BCUT2D eigenvalue weighted by molar-refractivity contribution is 0.332. The van der Waals surface area contributed by atoms with Crippen LogP contribution in [0.25, 0.3) is 42.4 Å². The standard InChI is InChI=1S/C67H57BN2S/c1-6-7-20-43-31-33-48(34-32-43)70-57-35-36-59-62(49-41-53-54(42-60(49)71-59)66(4,5)38-37-65(53,2)3)61(57)50-39-45(44-21-11-8-12-22-44)40-58-63(50)68(70)55-29-19-28-52-64(55)69(58)56-30-18-17-27-51(56)67(52,46-23-13-9-14-24-46)47-25-15-10-16-26-47/h8-19,21-36,39-42H,6-7,20,37-38H2,1-5H3. The van der Waals surface area contributed by atoms with Crippen LogP contribution >= 0.6 is 11.3 Å². The number of aryl methyl sites for hydroxylation is 1. The maximum atomic E-state index is 2.74. The molecule has 4 heterocycles. The van der Waals surface area contributed by atoms with Crippen molar-refractivity contribution in [2.24, 2.45) is 0 Å². The van der Waals surface area contributed by atoms with Crippen molar-refractivity contribution in [3.63, 3.8) is 0 Å². The fourth-order valence-electron chi connectivity index (χ4n) is 13.6. The zero-order valence-corrected chi connectivity index (χ0v) is 42.2. The molecule has 0 saturated carbocycles. The van der Waals surface area contributed by atoms with Gasteiger partial charge in [0.05, 0.1) is 11.1 Å². The Bertz CT molecular complexity index is 3720. The molecule has 9 aromatic carbocycles. The summed E-state index contributed by atoms with van der Waals surface area (Å²) >= 11 is 1.98. The Hall–Kier alpha value is -7.14. The van der Waals surface area contributed by atoms with Gasteiger partial charge in [-0.25, -0.2) is 0 Å². The third-order valence-corrected chi connectivity index (χ3v) is 18.3. The summed E-state index contributed by atoms with van der Waals surface area (Å²) in [4.78, 5) is 5.41. The first-order valence-corrected chi connectivity index (χ1v) is 26.8. The highest BCUT2D eigenvalue weighted by molar-refractivity contribution is 7.26. The number of hydrogen-bond donors (Lipinski definition) is 0. The summed E-state index contributed by atoms with van der Waals surface area (Å²) < 4.78 is 2.74. The molecular weight excluding hydrogens is 876 g/mol. The van der Waals surface area contributed by atoms with E-state index in [1.54, 1.807) is 0 Å². The number of benzene rings is 9. The summed E-state index contributed by atoms with van der Waals surface area (Å²) in [5.74, 6) is 0. The van der Waals surface area contributed by atoms with E-state index < -0.39 is 5.41 Å². The van der Waals surface area contributed by atoms with Crippen molar-refractivity contribution in [2.75, 3.05) is 9.71 Å². The molecule has 0 unspecified atom stereocenters. The third kappa shape index (κ3) is 6.07. The van der Waals surface area contributed by atoms with Gasteiger partial charge in [-0.2, -0.15) is 0 Å². The van der Waals surface area contributed by atoms with Crippen LogP contribution in [-0.2, 0) is 22.7 Å². The molecule has 1 aromatic heterocycles. The highest BCUT2D eigenvalue weighted by Gasteiger charge is 2.53. The molecular formula is C67H57BN2S. The monoisotopic (exact) mass is 932 g/mol. The maximum Gasteiger partial charge on any atom is 0.333 e. The maximum absolute atomic E-state index is 2.74. The van der Waals surface area contributed by atoms with Gasteiger partial charge in [-0.05, 0) is 158 Å². The minimum Gasteiger partial charge on any atom is -0.376 e. The second kappa shape index (κ2) is 15.7. The predicted molar refractivity (Wildman–Crippen MR) is 304 cm³/mol. The largest absolute Gasteiger partial charge is 0.376 e. The highest BCUT2D eigenvalue weighted by atomic mass is 32.1. The van der Waals surface area contributed by atoms with Gasteiger partial charge in [-0.15, -0.1) is 11.3 Å². The normalized spacial score (nSPS) is 16.3. The summed E-state index contributed by atoms with van der Waals surface area (Å²) in [6, 6.07) is 75.1. The molecule has 0 saturated heterocycles. The summed E-state index contributed by atoms with van der Waals surface area (Å²) in [5, 5.41) is 2.77. The minimum absolute atomic E-state index is 0.0863. The van der Waals surface area contributed by atoms with Crippen LogP contribution in [0.15, 0.2) is 194 Å². The van der Waals surface area contributed by atoms with Crippen molar-refractivity contribution in [1.82, 2.24) is 0 Å². The molecule has 0 bridgehead atoms. The Morgan fingerprint density at radius 3 is 1.89 bits per heavy atom. The first-order chi connectivity index (χ1) is 34.7. The number of hydrogen-bond acceptors (Lipinski definition) is 3. The number of nitrogens with zero attached hydrogens (tertiary/aromatic N) is 2. The van der Waals surface area contributed by atoms with Gasteiger partial charge >= 0.3 is 6.85 Å². The molecule has 0 atom stereocenters. The van der Waals surface area contributed by atoms with Crippen molar-refractivity contribution in [3.8, 4) is 22.3 Å². The van der Waals surface area contributed by atoms with Crippen LogP contribution in [0.4, 0.5) is 28.4 Å². The Labute approximate surface area is 423 Å². The summed E-state index contributed by atoms with van der Waals surface area (Å²) in [5.41, 5.74) is 23.2. The molecule has 0 N–H and O–H groups in total. The number of fused-ring (bicyclic) bond motifs is 11. The molecule has 0 amide bonds. The second-order valence-electron chi connectivity index (χ2n) is 22.0. The SMILES string of the molecule is CCCCc1ccc(N2B3c4cccc5c4N(c4ccccc4C5(c4ccccc4)c4ccccc4)c4cc(-c5ccccc5)cc(c43)-c3c2ccc2sc4cc5c(cc4c32)C(C)(C)CCC5(C)C)cc1. The zero-order valence-electron chi connectivity index (χ0n) is 41.4. The molecule has 2 nitrogen and oxygen atoms in total. The van der Waals surface area contributed by atoms with E-state index in [0.29, 0.717) is 0 Å². The van der Waals surface area contributed by atoms with Crippen LogP contribution in [0.1, 0.15) is 99.2 Å². The lowest BCUT2D eigenvalue weighted by Gasteiger charge is -2.52. The molecule has 14 rings (SSSR count). The fraction of sp³-hybridized carbons (Fsp3) is 0.194. The number of para-hydroxylation sites is 2. The minimum atomic E-state index is -0.583. The summed E-state index contributed by atoms with van der Waals surface area (Å²) in [6.07, 6.45) is 5.85. The average Bonchev–Trinajstić information content (AvgIpc) is 3.79. The lowest BCUT2D eigenvalue weighted by Crippen LogP contribution is -2.62. The van der Waals surface area contributed by atoms with E-state index in [0.717, 1.165) is 6.42 Å². The van der Waals surface area contributed by atoms with Crippen molar-refractivity contribution < 1.29 is 0 Å². The first kappa shape index (κ1) is 42.7. The Kier molecular flexibility index (Phi) is 9.44. The quantitative estimate of drug-likeness (QED) is 0.147. The molecule has 344 valence electrons. The fourth-order valence-corrected chi connectivity index (χ4v) is 14.7. The van der Waals surface area contributed by atoms with Crippen molar-refractivity contribution >= 4 is 77.7 Å². The Morgan fingerprint density at radius 2 is 1.18 bits per heavy atom. The van der Waals surface area contributed by atoms with Crippen LogP contribution in [0.2, 0.25) is 0 Å². The number of unbranched alkanes of at least 4 members (excludes halogenated alkanes) is 1. The number of thiophene rings is 1. The van der Waals surface area contributed by atoms with E-state index in [4.69, 9.17) is 0 Å². The molecule has 10 aromatic rings. The van der Waals surface area contributed by atoms with E-state index in [1.807, 2.05) is 11.3 Å². The molecule has 0 radical (unpaired) electrons. The molecule has 1 aliphatic carbocycles. The van der Waals surface area contributed by atoms with Gasteiger partial charge in [0.1, 0.15) is 0 Å². The van der Waals surface area contributed by atoms with Crippen LogP contribution in [0.3, 0.4) is 0 Å². The van der Waals surface area contributed by atoms with Crippen molar-refractivity contribution in [2.45, 2.75) is 83.0 Å². The predicted octanol–water partition coefficient (Wildman–Crippen LogP) is 16.8. The zero-order chi connectivity index (χ0) is 47.8. The third-order valence-electron chi connectivity index (χ3n) is 17.1. The van der Waals surface area contributed by atoms with E-state index in [9.17, 15) is 0 Å². The Balaban J connectivity index is 1.14.